The summed E-state index contributed by atoms with van der Waals surface area (Å²) in [6, 6.07) is 25.1. The molecule has 0 radical (unpaired) electrons. The topological polar surface area (TPSA) is 46.5 Å². The third kappa shape index (κ3) is 3.83. The first-order valence-corrected chi connectivity index (χ1v) is 10.2. The average Bonchev–Trinajstić information content (AvgIpc) is 3.53. The van der Waals surface area contributed by atoms with Gasteiger partial charge in [-0.05, 0) is 72.7 Å². The maximum Gasteiger partial charge on any atom is 0.314 e. The Labute approximate surface area is 173 Å². The van der Waals surface area contributed by atoms with E-state index in [4.69, 9.17) is 4.74 Å². The normalized spacial score (nSPS) is 15.6. The van der Waals surface area contributed by atoms with Gasteiger partial charge in [-0.3, -0.25) is 4.79 Å². The maximum absolute atomic E-state index is 12.5. The third-order valence-electron chi connectivity index (χ3n) is 5.38. The van der Waals surface area contributed by atoms with E-state index in [0.29, 0.717) is 6.42 Å². The molecule has 3 aromatic rings. The van der Waals surface area contributed by atoms with Crippen molar-refractivity contribution in [2.24, 2.45) is 5.92 Å². The second-order valence-electron chi connectivity index (χ2n) is 7.30. The fourth-order valence-corrected chi connectivity index (χ4v) is 4.11. The Morgan fingerprint density at radius 2 is 1.64 bits per heavy atom. The highest BCUT2D eigenvalue weighted by atomic mass is 79.9. The number of rotatable bonds is 7. The molecule has 28 heavy (non-hydrogen) atoms. The van der Waals surface area contributed by atoms with Gasteiger partial charge < -0.3 is 9.84 Å². The van der Waals surface area contributed by atoms with Gasteiger partial charge in [0, 0.05) is 4.47 Å². The third-order valence-corrected chi connectivity index (χ3v) is 5.90. The number of carboxylic acids is 1. The van der Waals surface area contributed by atoms with Crippen LogP contribution in [-0.4, -0.2) is 11.1 Å². The van der Waals surface area contributed by atoms with E-state index in [-0.39, 0.29) is 5.92 Å². The summed E-state index contributed by atoms with van der Waals surface area (Å²) >= 11 is 3.45. The summed E-state index contributed by atoms with van der Waals surface area (Å²) in [6.07, 6.45) is 2.34. The van der Waals surface area contributed by atoms with Crippen molar-refractivity contribution in [2.75, 3.05) is 0 Å². The number of hydrogen-bond donors (Lipinski definition) is 1. The molecule has 142 valence electrons. The SMILES string of the molecule is O=C(O)C(Cc1cccc(Oc2ccccc2)c1)(c1ccc(Br)cc1)C1CC1. The molecule has 4 heteroatoms. The summed E-state index contributed by atoms with van der Waals surface area (Å²) in [4.78, 5) is 12.5. The summed E-state index contributed by atoms with van der Waals surface area (Å²) in [5.74, 6) is 0.880. The Hall–Kier alpha value is -2.59. The van der Waals surface area contributed by atoms with E-state index >= 15 is 0 Å². The highest BCUT2D eigenvalue weighted by molar-refractivity contribution is 9.10. The van der Waals surface area contributed by atoms with Crippen molar-refractivity contribution in [2.45, 2.75) is 24.7 Å². The van der Waals surface area contributed by atoms with Gasteiger partial charge in [0.25, 0.3) is 0 Å². The molecule has 1 N–H and O–H groups in total. The number of halogens is 1. The van der Waals surface area contributed by atoms with Crippen molar-refractivity contribution in [1.29, 1.82) is 0 Å². The van der Waals surface area contributed by atoms with Crippen LogP contribution in [-0.2, 0) is 16.6 Å². The van der Waals surface area contributed by atoms with E-state index in [2.05, 4.69) is 15.9 Å². The predicted molar refractivity (Wildman–Crippen MR) is 113 cm³/mol. The predicted octanol–water partition coefficient (Wildman–Crippen LogP) is 6.22. The van der Waals surface area contributed by atoms with Crippen LogP contribution in [0.2, 0.25) is 0 Å². The lowest BCUT2D eigenvalue weighted by molar-refractivity contribution is -0.144. The zero-order valence-corrected chi connectivity index (χ0v) is 16.9. The molecule has 4 rings (SSSR count). The maximum atomic E-state index is 12.5. The van der Waals surface area contributed by atoms with Crippen LogP contribution < -0.4 is 4.74 Å². The van der Waals surface area contributed by atoms with Crippen molar-refractivity contribution in [3.63, 3.8) is 0 Å². The molecule has 0 spiro atoms. The van der Waals surface area contributed by atoms with Gasteiger partial charge in [-0.15, -0.1) is 0 Å². The lowest BCUT2D eigenvalue weighted by Gasteiger charge is -2.30. The molecular formula is C24H21BrO3. The van der Waals surface area contributed by atoms with Crippen molar-refractivity contribution >= 4 is 21.9 Å². The first kappa shape index (κ1) is 18.8. The van der Waals surface area contributed by atoms with Crippen molar-refractivity contribution in [3.05, 3.63) is 94.5 Å². The van der Waals surface area contributed by atoms with Gasteiger partial charge in [0.1, 0.15) is 11.5 Å². The van der Waals surface area contributed by atoms with E-state index in [1.807, 2.05) is 78.9 Å². The molecular weight excluding hydrogens is 416 g/mol. The van der Waals surface area contributed by atoms with E-state index in [9.17, 15) is 9.90 Å². The van der Waals surface area contributed by atoms with Crippen molar-refractivity contribution in [3.8, 4) is 11.5 Å². The van der Waals surface area contributed by atoms with Crippen LogP contribution in [0, 0.1) is 5.92 Å². The Kier molecular flexibility index (Phi) is 5.23. The second kappa shape index (κ2) is 7.80. The molecule has 1 aliphatic carbocycles. The molecule has 0 heterocycles. The highest BCUT2D eigenvalue weighted by Crippen LogP contribution is 2.50. The number of para-hydroxylation sites is 1. The number of ether oxygens (including phenoxy) is 1. The zero-order chi connectivity index (χ0) is 19.6. The minimum Gasteiger partial charge on any atom is -0.481 e. The van der Waals surface area contributed by atoms with Gasteiger partial charge in [-0.2, -0.15) is 0 Å². The monoisotopic (exact) mass is 436 g/mol. The smallest absolute Gasteiger partial charge is 0.314 e. The van der Waals surface area contributed by atoms with Gasteiger partial charge >= 0.3 is 5.97 Å². The molecule has 1 saturated carbocycles. The van der Waals surface area contributed by atoms with Gasteiger partial charge in [0.05, 0.1) is 5.41 Å². The summed E-state index contributed by atoms with van der Waals surface area (Å²) in [5.41, 5.74) is 0.914. The summed E-state index contributed by atoms with van der Waals surface area (Å²) in [6.45, 7) is 0. The summed E-state index contributed by atoms with van der Waals surface area (Å²) in [5, 5.41) is 10.3. The molecule has 0 amide bonds. The standard InChI is InChI=1S/C24H21BrO3/c25-20-13-11-19(12-14-20)24(23(26)27,18-9-10-18)16-17-5-4-8-22(15-17)28-21-6-2-1-3-7-21/h1-8,11-15,18H,9-10,16H2,(H,26,27). The highest BCUT2D eigenvalue weighted by Gasteiger charge is 2.52. The molecule has 0 bridgehead atoms. The van der Waals surface area contributed by atoms with Crippen molar-refractivity contribution in [1.82, 2.24) is 0 Å². The summed E-state index contributed by atoms with van der Waals surface area (Å²) < 4.78 is 6.89. The van der Waals surface area contributed by atoms with Crippen LogP contribution in [0.1, 0.15) is 24.0 Å². The van der Waals surface area contributed by atoms with Crippen LogP contribution in [0.25, 0.3) is 0 Å². The minimum absolute atomic E-state index is 0.157. The van der Waals surface area contributed by atoms with Gasteiger partial charge in [-0.1, -0.05) is 58.4 Å². The largest absolute Gasteiger partial charge is 0.481 e. The number of carbonyl (C=O) groups is 1. The van der Waals surface area contributed by atoms with Crippen LogP contribution in [0.3, 0.4) is 0 Å². The number of carboxylic acid groups (broad SMARTS) is 1. The van der Waals surface area contributed by atoms with E-state index in [1.165, 1.54) is 0 Å². The van der Waals surface area contributed by atoms with Crippen LogP contribution >= 0.6 is 15.9 Å². The second-order valence-corrected chi connectivity index (χ2v) is 8.21. The zero-order valence-electron chi connectivity index (χ0n) is 15.3. The number of aliphatic carboxylic acids is 1. The first-order chi connectivity index (χ1) is 13.6. The van der Waals surface area contributed by atoms with Gasteiger partial charge in [-0.25, -0.2) is 0 Å². The van der Waals surface area contributed by atoms with Gasteiger partial charge in [0.15, 0.2) is 0 Å². The first-order valence-electron chi connectivity index (χ1n) is 9.39. The molecule has 3 nitrogen and oxygen atoms in total. The van der Waals surface area contributed by atoms with Crippen LogP contribution in [0.4, 0.5) is 0 Å². The molecule has 0 saturated heterocycles. The Morgan fingerprint density at radius 1 is 0.964 bits per heavy atom. The fourth-order valence-electron chi connectivity index (χ4n) is 3.84. The minimum atomic E-state index is -0.911. The van der Waals surface area contributed by atoms with Crippen LogP contribution in [0.5, 0.6) is 11.5 Å². The summed E-state index contributed by atoms with van der Waals surface area (Å²) in [7, 11) is 0. The Morgan fingerprint density at radius 3 is 2.29 bits per heavy atom. The lowest BCUT2D eigenvalue weighted by Crippen LogP contribution is -2.40. The molecule has 3 aromatic carbocycles. The molecule has 1 unspecified atom stereocenters. The van der Waals surface area contributed by atoms with E-state index in [0.717, 1.165) is 39.9 Å². The molecule has 1 aliphatic rings. The number of hydrogen-bond acceptors (Lipinski definition) is 2. The molecule has 1 atom stereocenters. The fraction of sp³-hybridized carbons (Fsp3) is 0.208. The van der Waals surface area contributed by atoms with Crippen molar-refractivity contribution < 1.29 is 14.6 Å². The molecule has 0 aliphatic heterocycles. The van der Waals surface area contributed by atoms with E-state index < -0.39 is 11.4 Å². The Balaban J connectivity index is 1.67. The quantitative estimate of drug-likeness (QED) is 0.478. The number of benzene rings is 3. The van der Waals surface area contributed by atoms with Crippen LogP contribution in [0.15, 0.2) is 83.3 Å². The lowest BCUT2D eigenvalue weighted by atomic mass is 9.71. The van der Waals surface area contributed by atoms with Gasteiger partial charge in [0.2, 0.25) is 0 Å². The van der Waals surface area contributed by atoms with E-state index in [1.54, 1.807) is 0 Å². The molecule has 0 aromatic heterocycles. The Bertz CT molecular complexity index is 965. The molecule has 1 fully saturated rings. The average molecular weight is 437 g/mol.